The van der Waals surface area contributed by atoms with Crippen LogP contribution < -0.4 is 20.5 Å². The largest absolute Gasteiger partial charge is 0.310 e. The van der Waals surface area contributed by atoms with Gasteiger partial charge in [-0.2, -0.15) is 0 Å². The van der Waals surface area contributed by atoms with Gasteiger partial charge in [0.15, 0.2) is 8.07 Å². The molecule has 9 rings (SSSR count). The zero-order valence-electron chi connectivity index (χ0n) is 29.3. The number of fused-ring (bicyclic) bond motifs is 3. The van der Waals surface area contributed by atoms with Crippen LogP contribution in [0.1, 0.15) is 5.56 Å². The quantitative estimate of drug-likeness (QED) is 0.108. The molecule has 1 heterocycles. The highest BCUT2D eigenvalue weighted by molar-refractivity contribution is 7.15. The van der Waals surface area contributed by atoms with Gasteiger partial charge in [0.1, 0.15) is 0 Å². The van der Waals surface area contributed by atoms with Crippen LogP contribution in [0.4, 0.5) is 17.1 Å². The van der Waals surface area contributed by atoms with E-state index in [1.54, 1.807) is 0 Å². The Kier molecular flexibility index (Phi) is 8.61. The van der Waals surface area contributed by atoms with E-state index in [1.807, 2.05) is 0 Å². The van der Waals surface area contributed by atoms with Crippen LogP contribution in [0.3, 0.4) is 0 Å². The van der Waals surface area contributed by atoms with Gasteiger partial charge >= 0.3 is 0 Å². The third kappa shape index (κ3) is 5.97. The molecule has 0 amide bonds. The topological polar surface area (TPSA) is 8.17 Å². The summed E-state index contributed by atoms with van der Waals surface area (Å²) in [7, 11) is -2.51. The first-order valence-electron chi connectivity index (χ1n) is 18.2. The molecule has 0 spiro atoms. The van der Waals surface area contributed by atoms with Crippen LogP contribution in [0.15, 0.2) is 224 Å². The molecule has 0 aliphatic heterocycles. The number of hydrogen-bond acceptors (Lipinski definition) is 1. The Labute approximate surface area is 312 Å². The Hall–Kier alpha value is -6.68. The van der Waals surface area contributed by atoms with E-state index in [-0.39, 0.29) is 0 Å². The number of benzene rings is 8. The van der Waals surface area contributed by atoms with Crippen molar-refractivity contribution in [3.8, 4) is 5.69 Å². The smallest absolute Gasteiger partial charge is 0.172 e. The number of hydrogen-bond donors (Lipinski definition) is 0. The number of rotatable bonds is 9. The van der Waals surface area contributed by atoms with E-state index in [9.17, 15) is 0 Å². The fraction of sp³-hybridized carbons (Fsp3) is 0. The van der Waals surface area contributed by atoms with Gasteiger partial charge in [0.05, 0.1) is 11.0 Å². The van der Waals surface area contributed by atoms with E-state index in [4.69, 9.17) is 0 Å². The first-order valence-corrected chi connectivity index (χ1v) is 20.3. The fourth-order valence-electron chi connectivity index (χ4n) is 7.83. The lowest BCUT2D eigenvalue weighted by Crippen LogP contribution is -2.66. The lowest BCUT2D eigenvalue weighted by Gasteiger charge is -2.30. The standard InChI is InChI=1S/C50H38N2Si/c1-6-18-40(19-7-1)51(43-34-35-50-48(38-43)47-28-16-17-29-49(47)52(50)41-20-8-2-9-21-41)42-32-30-39(31-33-42)36-37-53(44-22-10-3-11-23-44,45-24-12-4-13-25-45)46-26-14-5-15-27-46/h1-38H/b37-36+. The second kappa shape index (κ2) is 14.1. The van der Waals surface area contributed by atoms with Crippen LogP contribution in [0.2, 0.25) is 0 Å². The highest BCUT2D eigenvalue weighted by Gasteiger charge is 2.36. The molecule has 1 aromatic heterocycles. The van der Waals surface area contributed by atoms with Crippen molar-refractivity contribution in [1.29, 1.82) is 0 Å². The molecule has 0 atom stereocenters. The second-order valence-electron chi connectivity index (χ2n) is 13.4. The Morgan fingerprint density at radius 2 is 0.830 bits per heavy atom. The summed E-state index contributed by atoms with van der Waals surface area (Å²) in [4.78, 5) is 2.36. The van der Waals surface area contributed by atoms with E-state index in [0.29, 0.717) is 0 Å². The molecule has 3 heteroatoms. The summed E-state index contributed by atoms with van der Waals surface area (Å²) in [6, 6.07) is 79.0. The molecule has 0 aliphatic carbocycles. The Morgan fingerprint density at radius 3 is 1.42 bits per heavy atom. The SMILES string of the molecule is C(=C\[Si](c1ccccc1)(c1ccccc1)c1ccccc1)/c1ccc(N(c2ccccc2)c2ccc3c(c2)c2ccccc2n3-c2ccccc2)cc1. The molecule has 0 saturated carbocycles. The highest BCUT2D eigenvalue weighted by Crippen LogP contribution is 2.39. The Morgan fingerprint density at radius 1 is 0.377 bits per heavy atom. The zero-order chi connectivity index (χ0) is 35.5. The minimum atomic E-state index is -2.51. The molecule has 0 unspecified atom stereocenters. The third-order valence-corrected chi connectivity index (χ3v) is 14.7. The highest BCUT2D eigenvalue weighted by atomic mass is 28.3. The summed E-state index contributed by atoms with van der Waals surface area (Å²) in [5.74, 6) is 0. The molecular formula is C50H38N2Si. The molecule has 0 fully saturated rings. The average molecular weight is 695 g/mol. The van der Waals surface area contributed by atoms with Crippen LogP contribution in [-0.4, -0.2) is 12.6 Å². The summed E-state index contributed by atoms with van der Waals surface area (Å²) in [5, 5.41) is 6.56. The van der Waals surface area contributed by atoms with Gasteiger partial charge in [-0.3, -0.25) is 0 Å². The summed E-state index contributed by atoms with van der Waals surface area (Å²) in [6.07, 6.45) is 2.33. The molecule has 2 nitrogen and oxygen atoms in total. The minimum Gasteiger partial charge on any atom is -0.310 e. The molecule has 8 aromatic carbocycles. The summed E-state index contributed by atoms with van der Waals surface area (Å²) < 4.78 is 2.37. The Bertz CT molecular complexity index is 2540. The molecule has 53 heavy (non-hydrogen) atoms. The number of anilines is 3. The van der Waals surface area contributed by atoms with Crippen LogP contribution >= 0.6 is 0 Å². The van der Waals surface area contributed by atoms with E-state index >= 15 is 0 Å². The Balaban J connectivity index is 1.14. The first-order chi connectivity index (χ1) is 26.3. The van der Waals surface area contributed by atoms with Gasteiger partial charge in [0.25, 0.3) is 0 Å². The molecule has 0 aliphatic rings. The van der Waals surface area contributed by atoms with Crippen molar-refractivity contribution < 1.29 is 0 Å². The van der Waals surface area contributed by atoms with Crippen LogP contribution in [-0.2, 0) is 0 Å². The van der Waals surface area contributed by atoms with Crippen molar-refractivity contribution >= 4 is 68.6 Å². The van der Waals surface area contributed by atoms with E-state index in [2.05, 4.69) is 240 Å². The lowest BCUT2D eigenvalue weighted by atomic mass is 10.1. The van der Waals surface area contributed by atoms with Gasteiger partial charge in [-0.15, -0.1) is 0 Å². The van der Waals surface area contributed by atoms with Crippen molar-refractivity contribution in [3.63, 3.8) is 0 Å². The predicted octanol–water partition coefficient (Wildman–Crippen LogP) is 11.0. The van der Waals surface area contributed by atoms with Crippen molar-refractivity contribution in [1.82, 2.24) is 4.57 Å². The fourth-order valence-corrected chi connectivity index (χ4v) is 12.0. The van der Waals surface area contributed by atoms with Gasteiger partial charge in [-0.1, -0.05) is 170 Å². The average Bonchev–Trinajstić information content (AvgIpc) is 3.57. The monoisotopic (exact) mass is 694 g/mol. The van der Waals surface area contributed by atoms with Gasteiger partial charge < -0.3 is 9.47 Å². The molecule has 0 bridgehead atoms. The number of nitrogens with zero attached hydrogens (tertiary/aromatic N) is 2. The van der Waals surface area contributed by atoms with Crippen molar-refractivity contribution in [2.75, 3.05) is 4.90 Å². The summed E-state index contributed by atoms with van der Waals surface area (Å²) in [5.41, 5.74) is 10.6. The lowest BCUT2D eigenvalue weighted by molar-refractivity contribution is 1.18. The predicted molar refractivity (Wildman–Crippen MR) is 228 cm³/mol. The molecule has 0 N–H and O–H groups in total. The summed E-state index contributed by atoms with van der Waals surface area (Å²) in [6.45, 7) is 0. The van der Waals surface area contributed by atoms with Gasteiger partial charge in [0.2, 0.25) is 0 Å². The molecule has 0 radical (unpaired) electrons. The maximum absolute atomic E-state index is 2.51. The first kappa shape index (κ1) is 32.2. The molecule has 9 aromatic rings. The molecular weight excluding hydrogens is 657 g/mol. The van der Waals surface area contributed by atoms with Gasteiger partial charge in [0, 0.05) is 33.5 Å². The van der Waals surface area contributed by atoms with E-state index in [1.165, 1.54) is 42.9 Å². The minimum absolute atomic E-state index is 1.11. The normalized spacial score (nSPS) is 11.7. The molecule has 252 valence electrons. The number of aromatic nitrogens is 1. The van der Waals surface area contributed by atoms with Crippen molar-refractivity contribution in [3.05, 3.63) is 230 Å². The van der Waals surface area contributed by atoms with Gasteiger partial charge in [-0.05, 0) is 81.8 Å². The maximum atomic E-state index is 2.51. The summed E-state index contributed by atoms with van der Waals surface area (Å²) >= 11 is 0. The van der Waals surface area contributed by atoms with Crippen LogP contribution in [0.5, 0.6) is 0 Å². The maximum Gasteiger partial charge on any atom is 0.172 e. The number of para-hydroxylation sites is 3. The van der Waals surface area contributed by atoms with Crippen LogP contribution in [0, 0.1) is 0 Å². The van der Waals surface area contributed by atoms with E-state index in [0.717, 1.165) is 22.7 Å². The van der Waals surface area contributed by atoms with E-state index < -0.39 is 8.07 Å². The third-order valence-electron chi connectivity index (χ3n) is 10.3. The zero-order valence-corrected chi connectivity index (χ0v) is 30.3. The van der Waals surface area contributed by atoms with Crippen molar-refractivity contribution in [2.24, 2.45) is 0 Å². The second-order valence-corrected chi connectivity index (χ2v) is 17.1. The molecule has 0 saturated heterocycles. The van der Waals surface area contributed by atoms with Crippen molar-refractivity contribution in [2.45, 2.75) is 0 Å². The van der Waals surface area contributed by atoms with Crippen LogP contribution in [0.25, 0.3) is 33.6 Å². The van der Waals surface area contributed by atoms with Gasteiger partial charge in [-0.25, -0.2) is 0 Å².